The Labute approximate surface area is 198 Å². The number of pyridine rings is 1. The summed E-state index contributed by atoms with van der Waals surface area (Å²) in [5, 5.41) is 3.80. The molecular formula is C23H22F3N5O4. The molecule has 12 heteroatoms. The number of hydrogen-bond donors (Lipinski definition) is 1. The van der Waals surface area contributed by atoms with Gasteiger partial charge in [0.15, 0.2) is 0 Å². The van der Waals surface area contributed by atoms with Crippen molar-refractivity contribution in [3.63, 3.8) is 0 Å². The van der Waals surface area contributed by atoms with Crippen molar-refractivity contribution in [2.45, 2.75) is 25.6 Å². The Morgan fingerprint density at radius 2 is 2.00 bits per heavy atom. The summed E-state index contributed by atoms with van der Waals surface area (Å²) in [5.74, 6) is 0.302. The zero-order valence-corrected chi connectivity index (χ0v) is 18.8. The van der Waals surface area contributed by atoms with E-state index in [1.165, 1.54) is 17.2 Å². The smallest absolute Gasteiger partial charge is 0.419 e. The molecule has 1 N–H and O–H groups in total. The fraction of sp³-hybridized carbons (Fsp3) is 0.391. The lowest BCUT2D eigenvalue weighted by Gasteiger charge is -2.26. The Hall–Kier alpha value is -3.67. The van der Waals surface area contributed by atoms with Gasteiger partial charge in [0, 0.05) is 10.9 Å². The SMILES string of the molecule is CCC1Nc2nc(nc3cnc(N4CCOCC4=O)cc23)OCCOc2c1cccc2C(F)(F)F. The van der Waals surface area contributed by atoms with Crippen molar-refractivity contribution in [2.75, 3.05) is 43.2 Å². The number of benzene rings is 1. The van der Waals surface area contributed by atoms with Gasteiger partial charge >= 0.3 is 12.2 Å². The van der Waals surface area contributed by atoms with Gasteiger partial charge in [0.25, 0.3) is 5.91 Å². The lowest BCUT2D eigenvalue weighted by atomic mass is 9.99. The summed E-state index contributed by atoms with van der Waals surface area (Å²) in [7, 11) is 0. The Bertz CT molecular complexity index is 1270. The number of fused-ring (bicyclic) bond motifs is 5. The molecular weight excluding hydrogens is 467 g/mol. The van der Waals surface area contributed by atoms with E-state index in [4.69, 9.17) is 14.2 Å². The molecule has 2 aromatic heterocycles. The summed E-state index contributed by atoms with van der Waals surface area (Å²) in [6.07, 6.45) is -2.63. The number of morpholine rings is 1. The van der Waals surface area contributed by atoms with E-state index in [-0.39, 0.29) is 37.5 Å². The molecule has 0 radical (unpaired) electrons. The second-order valence-corrected chi connectivity index (χ2v) is 8.04. The van der Waals surface area contributed by atoms with Crippen LogP contribution in [-0.4, -0.2) is 53.8 Å². The molecule has 0 saturated carbocycles. The summed E-state index contributed by atoms with van der Waals surface area (Å²) >= 11 is 0. The molecule has 5 rings (SSSR count). The van der Waals surface area contributed by atoms with Gasteiger partial charge in [-0.1, -0.05) is 19.1 Å². The molecule has 2 aliphatic rings. The van der Waals surface area contributed by atoms with Gasteiger partial charge in [-0.05, 0) is 18.6 Å². The number of anilines is 2. The maximum absolute atomic E-state index is 13.7. The molecule has 3 aromatic rings. The van der Waals surface area contributed by atoms with Crippen LogP contribution in [0.5, 0.6) is 11.8 Å². The van der Waals surface area contributed by atoms with Crippen molar-refractivity contribution >= 4 is 28.4 Å². The lowest BCUT2D eigenvalue weighted by Crippen LogP contribution is -2.42. The highest BCUT2D eigenvalue weighted by Crippen LogP contribution is 2.42. The molecule has 35 heavy (non-hydrogen) atoms. The normalized spacial score (nSPS) is 18.7. The van der Waals surface area contributed by atoms with E-state index in [2.05, 4.69) is 20.3 Å². The van der Waals surface area contributed by atoms with Gasteiger partial charge < -0.3 is 19.5 Å². The van der Waals surface area contributed by atoms with E-state index in [1.807, 2.05) is 6.92 Å². The van der Waals surface area contributed by atoms with Crippen LogP contribution in [0, 0.1) is 0 Å². The largest absolute Gasteiger partial charge is 0.489 e. The van der Waals surface area contributed by atoms with Crippen LogP contribution >= 0.6 is 0 Å². The zero-order valence-electron chi connectivity index (χ0n) is 18.8. The second-order valence-electron chi connectivity index (χ2n) is 8.04. The Morgan fingerprint density at radius 3 is 2.77 bits per heavy atom. The van der Waals surface area contributed by atoms with E-state index >= 15 is 0 Å². The van der Waals surface area contributed by atoms with Crippen LogP contribution in [0.2, 0.25) is 0 Å². The van der Waals surface area contributed by atoms with E-state index in [1.54, 1.807) is 12.1 Å². The average Bonchev–Trinajstić information content (AvgIpc) is 2.86. The first kappa shape index (κ1) is 23.1. The molecule has 0 aliphatic carbocycles. The first-order valence-electron chi connectivity index (χ1n) is 11.1. The number of alkyl halides is 3. The quantitative estimate of drug-likeness (QED) is 0.582. The van der Waals surface area contributed by atoms with Gasteiger partial charge in [-0.25, -0.2) is 4.98 Å². The van der Waals surface area contributed by atoms with Gasteiger partial charge in [0.1, 0.15) is 37.2 Å². The van der Waals surface area contributed by atoms with Crippen LogP contribution in [0.15, 0.2) is 30.5 Å². The van der Waals surface area contributed by atoms with Gasteiger partial charge in [-0.2, -0.15) is 23.1 Å². The van der Waals surface area contributed by atoms with Gasteiger partial charge in [-0.15, -0.1) is 0 Å². The number of para-hydroxylation sites is 1. The monoisotopic (exact) mass is 489 g/mol. The van der Waals surface area contributed by atoms with Crippen LogP contribution in [0.25, 0.3) is 10.9 Å². The minimum atomic E-state index is -4.58. The highest BCUT2D eigenvalue weighted by Gasteiger charge is 2.36. The Kier molecular flexibility index (Phi) is 6.05. The molecule has 9 nitrogen and oxygen atoms in total. The maximum atomic E-state index is 13.7. The Morgan fingerprint density at radius 1 is 1.17 bits per heavy atom. The van der Waals surface area contributed by atoms with Crippen LogP contribution in [-0.2, 0) is 15.7 Å². The molecule has 0 spiro atoms. The first-order valence-corrected chi connectivity index (χ1v) is 11.1. The number of ether oxygens (including phenoxy) is 3. The molecule has 1 atom stereocenters. The third-order valence-corrected chi connectivity index (χ3v) is 5.82. The molecule has 1 amide bonds. The van der Waals surface area contributed by atoms with Gasteiger partial charge in [-0.3, -0.25) is 9.69 Å². The van der Waals surface area contributed by atoms with Crippen LogP contribution in [0.4, 0.5) is 24.8 Å². The van der Waals surface area contributed by atoms with Gasteiger partial charge in [0.05, 0.1) is 36.5 Å². The minimum absolute atomic E-state index is 0.0374. The summed E-state index contributed by atoms with van der Waals surface area (Å²) in [6.45, 7) is 2.37. The zero-order chi connectivity index (χ0) is 24.6. The number of carbonyl (C=O) groups excluding carboxylic acids is 1. The van der Waals surface area contributed by atoms with Crippen molar-refractivity contribution in [1.29, 1.82) is 0 Å². The number of nitrogens with one attached hydrogen (secondary N) is 1. The summed E-state index contributed by atoms with van der Waals surface area (Å²) < 4.78 is 57.6. The van der Waals surface area contributed by atoms with Crippen LogP contribution in [0.3, 0.4) is 0 Å². The Balaban J connectivity index is 1.62. The van der Waals surface area contributed by atoms with Crippen molar-refractivity contribution < 1.29 is 32.2 Å². The van der Waals surface area contributed by atoms with E-state index in [9.17, 15) is 18.0 Å². The van der Waals surface area contributed by atoms with E-state index < -0.39 is 17.8 Å². The van der Waals surface area contributed by atoms with Crippen molar-refractivity contribution in [3.8, 4) is 11.8 Å². The lowest BCUT2D eigenvalue weighted by molar-refractivity contribution is -0.139. The van der Waals surface area contributed by atoms with Crippen molar-refractivity contribution in [1.82, 2.24) is 15.0 Å². The first-order chi connectivity index (χ1) is 16.8. The molecule has 1 unspecified atom stereocenters. The third kappa shape index (κ3) is 4.53. The fourth-order valence-corrected chi connectivity index (χ4v) is 4.14. The second kappa shape index (κ2) is 9.17. The van der Waals surface area contributed by atoms with Crippen molar-refractivity contribution in [2.24, 2.45) is 0 Å². The van der Waals surface area contributed by atoms with Crippen molar-refractivity contribution in [3.05, 3.63) is 41.6 Å². The number of halogens is 3. The van der Waals surface area contributed by atoms with E-state index in [0.717, 1.165) is 6.07 Å². The van der Waals surface area contributed by atoms with Crippen LogP contribution < -0.4 is 19.7 Å². The third-order valence-electron chi connectivity index (χ3n) is 5.82. The average molecular weight is 489 g/mol. The molecule has 4 heterocycles. The molecule has 1 saturated heterocycles. The number of amides is 1. The molecule has 1 aromatic carbocycles. The molecule has 184 valence electrons. The van der Waals surface area contributed by atoms with Crippen LogP contribution in [0.1, 0.15) is 30.5 Å². The number of rotatable bonds is 2. The minimum Gasteiger partial charge on any atom is -0.489 e. The number of hydrogen-bond acceptors (Lipinski definition) is 8. The fourth-order valence-electron chi connectivity index (χ4n) is 4.14. The maximum Gasteiger partial charge on any atom is 0.419 e. The molecule has 2 aliphatic heterocycles. The topological polar surface area (TPSA) is 98.7 Å². The number of nitrogens with zero attached hydrogens (tertiary/aromatic N) is 4. The van der Waals surface area contributed by atoms with Gasteiger partial charge in [0.2, 0.25) is 0 Å². The standard InChI is InChI=1S/C23H22F3N5O4/c1-2-16-13-4-3-5-15(23(24,25)26)20(13)34-8-9-35-22-29-17-11-27-18(10-14(17)21(28-16)30-22)31-6-7-33-12-19(31)32/h3-5,10-11,16H,2,6-9,12H2,1H3,(H,28,29,30). The summed E-state index contributed by atoms with van der Waals surface area (Å²) in [5.41, 5.74) is -0.0362. The highest BCUT2D eigenvalue weighted by molar-refractivity contribution is 5.97. The predicted octanol–water partition coefficient (Wildman–Crippen LogP) is 3.74. The van der Waals surface area contributed by atoms with E-state index in [0.29, 0.717) is 47.7 Å². The predicted molar refractivity (Wildman–Crippen MR) is 120 cm³/mol. The highest BCUT2D eigenvalue weighted by atomic mass is 19.4. The molecule has 2 bridgehead atoms. The molecule has 1 fully saturated rings. The number of carbonyl (C=O) groups is 1. The summed E-state index contributed by atoms with van der Waals surface area (Å²) in [6, 6.07) is 5.13. The summed E-state index contributed by atoms with van der Waals surface area (Å²) in [4.78, 5) is 27.0. The number of aromatic nitrogens is 3.